The van der Waals surface area contributed by atoms with E-state index in [0.717, 1.165) is 6.42 Å². The van der Waals surface area contributed by atoms with Crippen LogP contribution >= 0.6 is 0 Å². The Morgan fingerprint density at radius 3 is 1.63 bits per heavy atom. The molecular formula is C38H36. The quantitative estimate of drug-likeness (QED) is 0.230. The predicted molar refractivity (Wildman–Crippen MR) is 164 cm³/mol. The molecule has 5 aromatic rings. The standard InChI is InChI=1S/C38H36/c1-24-16-25(2)18-32(17-24)28-12-13-29-19-30-14-15-31(21-37(30)36(29)20-28)35-23-33(38(4,5)6)22-34(26(35)3)27-10-8-7-9-11-27/h7-18,20-23H,19H2,1-6H3. The van der Waals surface area contributed by atoms with Crippen LogP contribution in [0, 0.1) is 20.8 Å². The van der Waals surface area contributed by atoms with E-state index in [4.69, 9.17) is 0 Å². The summed E-state index contributed by atoms with van der Waals surface area (Å²) in [5.41, 5.74) is 18.8. The van der Waals surface area contributed by atoms with E-state index >= 15 is 0 Å². The lowest BCUT2D eigenvalue weighted by atomic mass is 9.81. The topological polar surface area (TPSA) is 0 Å². The second-order valence-corrected chi connectivity index (χ2v) is 12.1. The normalized spacial score (nSPS) is 12.4. The summed E-state index contributed by atoms with van der Waals surface area (Å²) in [7, 11) is 0. The molecule has 1 aliphatic rings. The lowest BCUT2D eigenvalue weighted by Crippen LogP contribution is -2.12. The van der Waals surface area contributed by atoms with E-state index < -0.39 is 0 Å². The predicted octanol–water partition coefficient (Wildman–Crippen LogP) is 10.5. The van der Waals surface area contributed by atoms with Crippen molar-refractivity contribution in [2.45, 2.75) is 53.4 Å². The summed E-state index contributed by atoms with van der Waals surface area (Å²) >= 11 is 0. The smallest absolute Gasteiger partial charge is 0.00134 e. The fraction of sp³-hybridized carbons (Fsp3) is 0.211. The van der Waals surface area contributed by atoms with Crippen molar-refractivity contribution in [1.82, 2.24) is 0 Å². The van der Waals surface area contributed by atoms with Crippen molar-refractivity contribution >= 4 is 0 Å². The van der Waals surface area contributed by atoms with E-state index in [2.05, 4.69) is 139 Å². The van der Waals surface area contributed by atoms with Crippen molar-refractivity contribution in [3.05, 3.63) is 130 Å². The van der Waals surface area contributed by atoms with Gasteiger partial charge in [-0.15, -0.1) is 0 Å². The van der Waals surface area contributed by atoms with Gasteiger partial charge in [0.25, 0.3) is 0 Å². The van der Waals surface area contributed by atoms with Crippen molar-refractivity contribution in [1.29, 1.82) is 0 Å². The zero-order valence-electron chi connectivity index (χ0n) is 23.4. The van der Waals surface area contributed by atoms with Gasteiger partial charge in [0.05, 0.1) is 0 Å². The molecule has 0 heteroatoms. The highest BCUT2D eigenvalue weighted by Gasteiger charge is 2.22. The molecular weight excluding hydrogens is 456 g/mol. The van der Waals surface area contributed by atoms with E-state index in [9.17, 15) is 0 Å². The van der Waals surface area contributed by atoms with Gasteiger partial charge in [-0.1, -0.05) is 117 Å². The Balaban J connectivity index is 1.50. The summed E-state index contributed by atoms with van der Waals surface area (Å²) in [6.45, 7) is 13.6. The van der Waals surface area contributed by atoms with Crippen LogP contribution in [0.3, 0.4) is 0 Å². The van der Waals surface area contributed by atoms with Crippen molar-refractivity contribution in [2.24, 2.45) is 0 Å². The highest BCUT2D eigenvalue weighted by atomic mass is 14.3. The number of aryl methyl sites for hydroxylation is 2. The van der Waals surface area contributed by atoms with Gasteiger partial charge in [0.1, 0.15) is 0 Å². The molecule has 0 bridgehead atoms. The van der Waals surface area contributed by atoms with Crippen molar-refractivity contribution < 1.29 is 0 Å². The number of hydrogen-bond donors (Lipinski definition) is 0. The van der Waals surface area contributed by atoms with Gasteiger partial charge in [0, 0.05) is 0 Å². The summed E-state index contributed by atoms with van der Waals surface area (Å²) in [5, 5.41) is 0. The molecule has 0 saturated carbocycles. The molecule has 1 aliphatic carbocycles. The summed E-state index contributed by atoms with van der Waals surface area (Å²) in [6, 6.07) is 36.7. The molecule has 0 aromatic heterocycles. The molecule has 0 saturated heterocycles. The molecule has 38 heavy (non-hydrogen) atoms. The lowest BCUT2D eigenvalue weighted by Gasteiger charge is -2.24. The molecule has 0 atom stereocenters. The molecule has 0 N–H and O–H groups in total. The molecule has 188 valence electrons. The zero-order chi connectivity index (χ0) is 26.6. The maximum Gasteiger partial charge on any atom is -0.00134 e. The van der Waals surface area contributed by atoms with Crippen molar-refractivity contribution in [3.63, 3.8) is 0 Å². The van der Waals surface area contributed by atoms with Gasteiger partial charge in [0.15, 0.2) is 0 Å². The van der Waals surface area contributed by atoms with Gasteiger partial charge >= 0.3 is 0 Å². The van der Waals surface area contributed by atoms with Crippen molar-refractivity contribution in [2.75, 3.05) is 0 Å². The van der Waals surface area contributed by atoms with Gasteiger partial charge in [-0.3, -0.25) is 0 Å². The van der Waals surface area contributed by atoms with E-state index in [1.165, 1.54) is 77.9 Å². The van der Waals surface area contributed by atoms with E-state index in [1.807, 2.05) is 0 Å². The minimum absolute atomic E-state index is 0.0656. The molecule has 0 amide bonds. The van der Waals surface area contributed by atoms with Crippen LogP contribution in [0.25, 0.3) is 44.5 Å². The Hall–Kier alpha value is -3.90. The summed E-state index contributed by atoms with van der Waals surface area (Å²) < 4.78 is 0. The first-order valence-electron chi connectivity index (χ1n) is 13.7. The first-order valence-corrected chi connectivity index (χ1v) is 13.7. The molecule has 0 aliphatic heterocycles. The van der Waals surface area contributed by atoms with Gasteiger partial charge in [-0.05, 0) is 112 Å². The molecule has 5 aromatic carbocycles. The molecule has 0 spiro atoms. The van der Waals surface area contributed by atoms with Crippen molar-refractivity contribution in [3.8, 4) is 44.5 Å². The van der Waals surface area contributed by atoms with Crippen LogP contribution in [0.4, 0.5) is 0 Å². The third-order valence-electron chi connectivity index (χ3n) is 8.12. The number of rotatable bonds is 3. The summed E-state index contributed by atoms with van der Waals surface area (Å²) in [5.74, 6) is 0. The van der Waals surface area contributed by atoms with Gasteiger partial charge in [-0.2, -0.15) is 0 Å². The molecule has 0 nitrogen and oxygen atoms in total. The highest BCUT2D eigenvalue weighted by Crippen LogP contribution is 2.43. The van der Waals surface area contributed by atoms with Gasteiger partial charge < -0.3 is 0 Å². The number of hydrogen-bond acceptors (Lipinski definition) is 0. The monoisotopic (exact) mass is 492 g/mol. The Morgan fingerprint density at radius 2 is 1.03 bits per heavy atom. The third-order valence-corrected chi connectivity index (χ3v) is 8.12. The summed E-state index contributed by atoms with van der Waals surface area (Å²) in [4.78, 5) is 0. The largest absolute Gasteiger partial charge is 0.0622 e. The molecule has 0 radical (unpaired) electrons. The average Bonchev–Trinajstić information content (AvgIpc) is 3.25. The van der Waals surface area contributed by atoms with Gasteiger partial charge in [0.2, 0.25) is 0 Å². The maximum absolute atomic E-state index is 2.44. The number of benzene rings is 5. The van der Waals surface area contributed by atoms with Crippen LogP contribution in [-0.2, 0) is 11.8 Å². The zero-order valence-corrected chi connectivity index (χ0v) is 23.4. The van der Waals surface area contributed by atoms with Crippen LogP contribution in [-0.4, -0.2) is 0 Å². The number of fused-ring (bicyclic) bond motifs is 3. The third kappa shape index (κ3) is 4.39. The fourth-order valence-corrected chi connectivity index (χ4v) is 6.02. The van der Waals surface area contributed by atoms with Crippen LogP contribution in [0.15, 0.2) is 97.1 Å². The fourth-order valence-electron chi connectivity index (χ4n) is 6.02. The first kappa shape index (κ1) is 24.4. The molecule has 0 unspecified atom stereocenters. The summed E-state index contributed by atoms with van der Waals surface area (Å²) in [6.07, 6.45) is 1.01. The van der Waals surface area contributed by atoms with Gasteiger partial charge in [-0.25, -0.2) is 0 Å². The second kappa shape index (κ2) is 9.14. The Kier molecular flexibility index (Phi) is 5.88. The van der Waals surface area contributed by atoms with E-state index in [0.29, 0.717) is 0 Å². The lowest BCUT2D eigenvalue weighted by molar-refractivity contribution is 0.590. The highest BCUT2D eigenvalue weighted by molar-refractivity contribution is 5.87. The Labute approximate surface area is 228 Å². The maximum atomic E-state index is 2.44. The van der Waals surface area contributed by atoms with Crippen LogP contribution in [0.2, 0.25) is 0 Å². The minimum Gasteiger partial charge on any atom is -0.0622 e. The van der Waals surface area contributed by atoms with E-state index in [1.54, 1.807) is 0 Å². The molecule has 0 heterocycles. The van der Waals surface area contributed by atoms with Crippen LogP contribution < -0.4 is 0 Å². The molecule has 0 fully saturated rings. The first-order chi connectivity index (χ1) is 18.2. The van der Waals surface area contributed by atoms with E-state index in [-0.39, 0.29) is 5.41 Å². The Morgan fingerprint density at radius 1 is 0.474 bits per heavy atom. The second-order valence-electron chi connectivity index (χ2n) is 12.1. The molecule has 6 rings (SSSR count). The van der Waals surface area contributed by atoms with Crippen LogP contribution in [0.1, 0.15) is 54.2 Å². The Bertz CT molecular complexity index is 1660. The minimum atomic E-state index is 0.0656. The average molecular weight is 493 g/mol. The van der Waals surface area contributed by atoms with Crippen LogP contribution in [0.5, 0.6) is 0 Å². The SMILES string of the molecule is Cc1cc(C)cc(-c2ccc3c(c2)-c2cc(-c4cc(C(C)(C)C)cc(-c5ccccc5)c4C)ccc2C3)c1.